The van der Waals surface area contributed by atoms with Crippen molar-refractivity contribution in [2.45, 2.75) is 0 Å². The largest absolute Gasteiger partial charge is 0.343 e. The molecular weight excluding hydrogens is 379 g/mol. The van der Waals surface area contributed by atoms with Crippen LogP contribution in [0.15, 0.2) is 30.3 Å². The fourth-order valence-corrected chi connectivity index (χ4v) is 2.08. The highest BCUT2D eigenvalue weighted by Crippen LogP contribution is 2.22. The van der Waals surface area contributed by atoms with Crippen molar-refractivity contribution in [3.63, 3.8) is 0 Å². The van der Waals surface area contributed by atoms with Crippen LogP contribution in [0, 0.1) is 27.6 Å². The van der Waals surface area contributed by atoms with Gasteiger partial charge < -0.3 is 10.6 Å². The van der Waals surface area contributed by atoms with Crippen LogP contribution in [0.2, 0.25) is 5.02 Å². The number of carbonyl (C=O) groups is 2. The number of nitro benzene ring substituents is 1. The van der Waals surface area contributed by atoms with Gasteiger partial charge in [0.25, 0.3) is 11.6 Å². The molecule has 2 N–H and O–H groups in total. The van der Waals surface area contributed by atoms with Crippen LogP contribution in [-0.4, -0.2) is 23.3 Å². The van der Waals surface area contributed by atoms with Gasteiger partial charge in [0.15, 0.2) is 17.5 Å². The Hall–Kier alpha value is -3.14. The maximum atomic E-state index is 13.5. The minimum Gasteiger partial charge on any atom is -0.343 e. The van der Waals surface area contributed by atoms with Crippen molar-refractivity contribution in [3.8, 4) is 0 Å². The van der Waals surface area contributed by atoms with Gasteiger partial charge in [-0.2, -0.15) is 0 Å². The molecular formula is C15H9ClF3N3O4. The lowest BCUT2D eigenvalue weighted by Crippen LogP contribution is -2.33. The summed E-state index contributed by atoms with van der Waals surface area (Å²) in [6, 6.07) is 4.59. The molecule has 2 rings (SSSR count). The quantitative estimate of drug-likeness (QED) is 0.467. The van der Waals surface area contributed by atoms with Gasteiger partial charge in [-0.1, -0.05) is 11.6 Å². The SMILES string of the molecule is O=C(CNC(=O)c1cc([N+](=O)[O-])ccc1Cl)Nc1ccc(F)c(F)c1F. The maximum absolute atomic E-state index is 13.5. The van der Waals surface area contributed by atoms with Gasteiger partial charge in [-0.3, -0.25) is 19.7 Å². The topological polar surface area (TPSA) is 101 Å². The zero-order valence-corrected chi connectivity index (χ0v) is 13.4. The van der Waals surface area contributed by atoms with Gasteiger partial charge in [0.2, 0.25) is 5.91 Å². The van der Waals surface area contributed by atoms with Crippen LogP contribution in [0.25, 0.3) is 0 Å². The third-order valence-corrected chi connectivity index (χ3v) is 3.45. The fourth-order valence-electron chi connectivity index (χ4n) is 1.87. The molecule has 0 aromatic heterocycles. The molecule has 0 saturated carbocycles. The Bertz CT molecular complexity index is 908. The number of hydrogen-bond acceptors (Lipinski definition) is 4. The van der Waals surface area contributed by atoms with Gasteiger partial charge in [-0.15, -0.1) is 0 Å². The van der Waals surface area contributed by atoms with E-state index >= 15 is 0 Å². The molecule has 7 nitrogen and oxygen atoms in total. The first-order valence-electron chi connectivity index (χ1n) is 6.86. The van der Waals surface area contributed by atoms with Crippen LogP contribution in [-0.2, 0) is 4.79 Å². The normalized spacial score (nSPS) is 10.3. The van der Waals surface area contributed by atoms with E-state index in [2.05, 4.69) is 5.32 Å². The molecule has 2 aromatic rings. The maximum Gasteiger partial charge on any atom is 0.270 e. The van der Waals surface area contributed by atoms with Crippen LogP contribution >= 0.6 is 11.6 Å². The average molecular weight is 388 g/mol. The van der Waals surface area contributed by atoms with E-state index < -0.39 is 46.4 Å². The second-order valence-electron chi connectivity index (χ2n) is 4.88. The van der Waals surface area contributed by atoms with E-state index in [1.165, 1.54) is 0 Å². The van der Waals surface area contributed by atoms with Gasteiger partial charge in [-0.25, -0.2) is 13.2 Å². The smallest absolute Gasteiger partial charge is 0.270 e. The van der Waals surface area contributed by atoms with Gasteiger partial charge in [-0.05, 0) is 18.2 Å². The Labute approximate surface area is 148 Å². The summed E-state index contributed by atoms with van der Waals surface area (Å²) in [5, 5.41) is 14.7. The summed E-state index contributed by atoms with van der Waals surface area (Å²) in [6.07, 6.45) is 0. The van der Waals surface area contributed by atoms with Gasteiger partial charge in [0.1, 0.15) is 0 Å². The zero-order chi connectivity index (χ0) is 19.4. The van der Waals surface area contributed by atoms with Crippen molar-refractivity contribution in [1.29, 1.82) is 0 Å². The monoisotopic (exact) mass is 387 g/mol. The Morgan fingerprint density at radius 1 is 1.12 bits per heavy atom. The minimum atomic E-state index is -1.75. The number of benzene rings is 2. The first kappa shape index (κ1) is 19.2. The predicted molar refractivity (Wildman–Crippen MR) is 85.4 cm³/mol. The number of amides is 2. The van der Waals surface area contributed by atoms with Gasteiger partial charge in [0, 0.05) is 12.1 Å². The number of non-ortho nitro benzene ring substituents is 1. The van der Waals surface area contributed by atoms with Crippen molar-refractivity contribution in [3.05, 3.63) is 68.5 Å². The van der Waals surface area contributed by atoms with E-state index in [0.29, 0.717) is 6.07 Å². The Balaban J connectivity index is 2.04. The molecule has 0 fully saturated rings. The summed E-state index contributed by atoms with van der Waals surface area (Å²) < 4.78 is 39.4. The molecule has 11 heteroatoms. The van der Waals surface area contributed by atoms with Crippen LogP contribution < -0.4 is 10.6 Å². The van der Waals surface area contributed by atoms with Crippen molar-refractivity contribution >= 4 is 34.8 Å². The molecule has 0 aliphatic rings. The highest BCUT2D eigenvalue weighted by molar-refractivity contribution is 6.34. The number of hydrogen-bond donors (Lipinski definition) is 2. The molecule has 0 atom stereocenters. The predicted octanol–water partition coefficient (Wildman–Crippen LogP) is 3.03. The molecule has 0 aliphatic heterocycles. The standard InChI is InChI=1S/C15H9ClF3N3O4/c16-9-2-1-7(22(25)26)5-8(9)15(24)20-6-12(23)21-11-4-3-10(17)13(18)14(11)19/h1-5H,6H2,(H,20,24)(H,21,23). The van der Waals surface area contributed by atoms with Crippen molar-refractivity contribution < 1.29 is 27.7 Å². The molecule has 0 radical (unpaired) electrons. The summed E-state index contributed by atoms with van der Waals surface area (Å²) in [4.78, 5) is 33.7. The number of nitro groups is 1. The number of anilines is 1. The second-order valence-corrected chi connectivity index (χ2v) is 5.28. The second kappa shape index (κ2) is 7.83. The molecule has 0 unspecified atom stereocenters. The molecule has 2 amide bonds. The van der Waals surface area contributed by atoms with Gasteiger partial charge >= 0.3 is 0 Å². The lowest BCUT2D eigenvalue weighted by Gasteiger charge is -2.09. The molecule has 0 aliphatic carbocycles. The summed E-state index contributed by atoms with van der Waals surface area (Å²) in [7, 11) is 0. The van der Waals surface area contributed by atoms with E-state index in [1.807, 2.05) is 5.32 Å². The highest BCUT2D eigenvalue weighted by Gasteiger charge is 2.18. The fraction of sp³-hybridized carbons (Fsp3) is 0.0667. The van der Waals surface area contributed by atoms with E-state index in [1.54, 1.807) is 0 Å². The summed E-state index contributed by atoms with van der Waals surface area (Å²) in [5.74, 6) is -6.60. The Morgan fingerprint density at radius 3 is 2.46 bits per heavy atom. The van der Waals surface area contributed by atoms with Crippen molar-refractivity contribution in [2.75, 3.05) is 11.9 Å². The molecule has 136 valence electrons. The number of halogens is 4. The van der Waals surface area contributed by atoms with E-state index in [-0.39, 0.29) is 16.3 Å². The lowest BCUT2D eigenvalue weighted by molar-refractivity contribution is -0.384. The number of rotatable bonds is 5. The summed E-state index contributed by atoms with van der Waals surface area (Å²) >= 11 is 5.78. The average Bonchev–Trinajstić information content (AvgIpc) is 2.60. The van der Waals surface area contributed by atoms with E-state index in [0.717, 1.165) is 24.3 Å². The van der Waals surface area contributed by atoms with E-state index in [9.17, 15) is 32.9 Å². The molecule has 0 heterocycles. The summed E-state index contributed by atoms with van der Waals surface area (Å²) in [6.45, 7) is -0.670. The Morgan fingerprint density at radius 2 is 1.81 bits per heavy atom. The minimum absolute atomic E-state index is 0.0832. The Kier molecular flexibility index (Phi) is 5.78. The van der Waals surface area contributed by atoms with E-state index in [4.69, 9.17) is 11.6 Å². The molecule has 0 saturated heterocycles. The molecule has 0 bridgehead atoms. The zero-order valence-electron chi connectivity index (χ0n) is 12.7. The first-order valence-corrected chi connectivity index (χ1v) is 7.24. The number of nitrogens with zero attached hydrogens (tertiary/aromatic N) is 1. The van der Waals surface area contributed by atoms with Crippen LogP contribution in [0.4, 0.5) is 24.5 Å². The summed E-state index contributed by atoms with van der Waals surface area (Å²) in [5.41, 5.74) is -1.24. The highest BCUT2D eigenvalue weighted by atomic mass is 35.5. The van der Waals surface area contributed by atoms with Crippen LogP contribution in [0.1, 0.15) is 10.4 Å². The van der Waals surface area contributed by atoms with Crippen molar-refractivity contribution in [1.82, 2.24) is 5.32 Å². The third-order valence-electron chi connectivity index (χ3n) is 3.12. The number of nitrogens with one attached hydrogen (secondary N) is 2. The van der Waals surface area contributed by atoms with Crippen LogP contribution in [0.3, 0.4) is 0 Å². The van der Waals surface area contributed by atoms with Crippen LogP contribution in [0.5, 0.6) is 0 Å². The third kappa shape index (κ3) is 4.28. The molecule has 26 heavy (non-hydrogen) atoms. The lowest BCUT2D eigenvalue weighted by atomic mass is 10.2. The molecule has 2 aromatic carbocycles. The van der Waals surface area contributed by atoms with Crippen molar-refractivity contribution in [2.24, 2.45) is 0 Å². The first-order chi connectivity index (χ1) is 12.2. The number of carbonyl (C=O) groups excluding carboxylic acids is 2. The van der Waals surface area contributed by atoms with Gasteiger partial charge in [0.05, 0.1) is 27.7 Å². The molecule has 0 spiro atoms.